The van der Waals surface area contributed by atoms with Gasteiger partial charge in [-0.05, 0) is 26.0 Å². The summed E-state index contributed by atoms with van der Waals surface area (Å²) in [6.45, 7) is 4.70. The maximum absolute atomic E-state index is 12.1. The second kappa shape index (κ2) is 9.10. The zero-order valence-corrected chi connectivity index (χ0v) is 12.3. The quantitative estimate of drug-likeness (QED) is 0.556. The lowest BCUT2D eigenvalue weighted by atomic mass is 10.2. The summed E-state index contributed by atoms with van der Waals surface area (Å²) in [6, 6.07) is 8.88. The van der Waals surface area contributed by atoms with E-state index in [4.69, 9.17) is 14.6 Å². The van der Waals surface area contributed by atoms with Crippen LogP contribution in [0.1, 0.15) is 20.3 Å². The number of rotatable bonds is 9. The second-order valence-corrected chi connectivity index (χ2v) is 4.25. The summed E-state index contributed by atoms with van der Waals surface area (Å²) in [6.07, 6.45) is -1.15. The van der Waals surface area contributed by atoms with Crippen LogP contribution < -0.4 is 4.90 Å². The van der Waals surface area contributed by atoms with Crippen molar-refractivity contribution in [2.24, 2.45) is 0 Å². The Balaban J connectivity index is 2.90. The van der Waals surface area contributed by atoms with E-state index in [-0.39, 0.29) is 6.54 Å². The van der Waals surface area contributed by atoms with Crippen molar-refractivity contribution in [1.29, 1.82) is 0 Å². The van der Waals surface area contributed by atoms with E-state index in [0.717, 1.165) is 0 Å². The topological polar surface area (TPSA) is 76.1 Å². The van der Waals surface area contributed by atoms with Crippen molar-refractivity contribution in [2.75, 3.05) is 24.7 Å². The van der Waals surface area contributed by atoms with Crippen LogP contribution in [0.15, 0.2) is 30.3 Å². The summed E-state index contributed by atoms with van der Waals surface area (Å²) in [4.78, 5) is 24.3. The molecule has 0 spiro atoms. The number of amides is 1. The predicted molar refractivity (Wildman–Crippen MR) is 78.1 cm³/mol. The highest BCUT2D eigenvalue weighted by Gasteiger charge is 2.22. The molecular formula is C15H21NO5. The average Bonchev–Trinajstić information content (AvgIpc) is 2.45. The Morgan fingerprint density at radius 3 is 2.19 bits per heavy atom. The monoisotopic (exact) mass is 295 g/mol. The first kappa shape index (κ1) is 17.1. The summed E-state index contributed by atoms with van der Waals surface area (Å²) in [5, 5.41) is 8.81. The molecule has 0 aromatic heterocycles. The van der Waals surface area contributed by atoms with Gasteiger partial charge < -0.3 is 19.5 Å². The molecule has 1 aromatic carbocycles. The number of benzene rings is 1. The van der Waals surface area contributed by atoms with Gasteiger partial charge in [-0.2, -0.15) is 0 Å². The zero-order valence-electron chi connectivity index (χ0n) is 12.3. The molecule has 0 saturated carbocycles. The SMILES string of the molecule is CCOC(CN(C(=O)CC(=O)O)c1ccccc1)OCC. The molecule has 0 atom stereocenters. The predicted octanol–water partition coefficient (Wildman–Crippen LogP) is 1.89. The van der Waals surface area contributed by atoms with E-state index in [2.05, 4.69) is 0 Å². The third kappa shape index (κ3) is 5.93. The summed E-state index contributed by atoms with van der Waals surface area (Å²) in [5.74, 6) is -1.66. The number of carboxylic acid groups (broad SMARTS) is 1. The first-order chi connectivity index (χ1) is 10.1. The van der Waals surface area contributed by atoms with Gasteiger partial charge >= 0.3 is 5.97 Å². The van der Waals surface area contributed by atoms with Crippen molar-refractivity contribution < 1.29 is 24.2 Å². The van der Waals surface area contributed by atoms with Gasteiger partial charge in [-0.1, -0.05) is 18.2 Å². The molecule has 1 N–H and O–H groups in total. The highest BCUT2D eigenvalue weighted by molar-refractivity contribution is 6.02. The van der Waals surface area contributed by atoms with Crippen LogP contribution in [-0.4, -0.2) is 43.0 Å². The van der Waals surface area contributed by atoms with Crippen LogP contribution in [0, 0.1) is 0 Å². The number of carbonyl (C=O) groups is 2. The Kier molecular flexibility index (Phi) is 7.42. The molecule has 1 aromatic rings. The van der Waals surface area contributed by atoms with E-state index in [1.165, 1.54) is 4.90 Å². The van der Waals surface area contributed by atoms with Gasteiger partial charge in [-0.15, -0.1) is 0 Å². The van der Waals surface area contributed by atoms with Crippen LogP contribution in [0.2, 0.25) is 0 Å². The molecule has 0 bridgehead atoms. The van der Waals surface area contributed by atoms with Gasteiger partial charge in [0, 0.05) is 18.9 Å². The number of hydrogen-bond donors (Lipinski definition) is 1. The molecule has 116 valence electrons. The number of aliphatic carboxylic acids is 1. The van der Waals surface area contributed by atoms with E-state index in [9.17, 15) is 9.59 Å². The lowest BCUT2D eigenvalue weighted by Crippen LogP contribution is -2.40. The van der Waals surface area contributed by atoms with Gasteiger partial charge in [-0.25, -0.2) is 0 Å². The number of ether oxygens (including phenoxy) is 2. The molecule has 1 rings (SSSR count). The third-order valence-electron chi connectivity index (χ3n) is 2.71. The summed E-state index contributed by atoms with van der Waals surface area (Å²) < 4.78 is 10.9. The van der Waals surface area contributed by atoms with Gasteiger partial charge in [0.2, 0.25) is 5.91 Å². The minimum Gasteiger partial charge on any atom is -0.481 e. The molecule has 0 aliphatic carbocycles. The van der Waals surface area contributed by atoms with Crippen LogP contribution in [0.5, 0.6) is 0 Å². The fourth-order valence-corrected chi connectivity index (χ4v) is 1.86. The molecular weight excluding hydrogens is 274 g/mol. The highest BCUT2D eigenvalue weighted by Crippen LogP contribution is 2.16. The number of anilines is 1. The van der Waals surface area contributed by atoms with Crippen LogP contribution >= 0.6 is 0 Å². The van der Waals surface area contributed by atoms with Crippen LogP contribution in [0.3, 0.4) is 0 Å². The smallest absolute Gasteiger partial charge is 0.312 e. The number of para-hydroxylation sites is 1. The van der Waals surface area contributed by atoms with Crippen molar-refractivity contribution in [1.82, 2.24) is 0 Å². The Labute approximate surface area is 124 Å². The van der Waals surface area contributed by atoms with Gasteiger partial charge in [0.25, 0.3) is 0 Å². The molecule has 0 saturated heterocycles. The molecule has 0 unspecified atom stereocenters. The van der Waals surface area contributed by atoms with Crippen molar-refractivity contribution in [3.8, 4) is 0 Å². The maximum atomic E-state index is 12.1. The van der Waals surface area contributed by atoms with Gasteiger partial charge in [-0.3, -0.25) is 9.59 Å². The molecule has 21 heavy (non-hydrogen) atoms. The van der Waals surface area contributed by atoms with Crippen LogP contribution in [-0.2, 0) is 19.1 Å². The number of carbonyl (C=O) groups excluding carboxylic acids is 1. The lowest BCUT2D eigenvalue weighted by Gasteiger charge is -2.27. The Morgan fingerprint density at radius 1 is 1.14 bits per heavy atom. The number of hydrogen-bond acceptors (Lipinski definition) is 4. The largest absolute Gasteiger partial charge is 0.481 e. The van der Waals surface area contributed by atoms with E-state index >= 15 is 0 Å². The van der Waals surface area contributed by atoms with E-state index in [1.807, 2.05) is 19.9 Å². The van der Waals surface area contributed by atoms with E-state index in [0.29, 0.717) is 18.9 Å². The molecule has 6 nitrogen and oxygen atoms in total. The molecule has 0 heterocycles. The minimum absolute atomic E-state index is 0.151. The minimum atomic E-state index is -1.16. The average molecular weight is 295 g/mol. The third-order valence-corrected chi connectivity index (χ3v) is 2.71. The first-order valence-electron chi connectivity index (χ1n) is 6.88. The molecule has 0 aliphatic heterocycles. The Bertz CT molecular complexity index is 443. The molecule has 6 heteroatoms. The van der Waals surface area contributed by atoms with E-state index in [1.54, 1.807) is 24.3 Å². The van der Waals surface area contributed by atoms with Crippen molar-refractivity contribution in [3.05, 3.63) is 30.3 Å². The summed E-state index contributed by atoms with van der Waals surface area (Å²) in [5.41, 5.74) is 0.619. The molecule has 0 radical (unpaired) electrons. The molecule has 0 aliphatic rings. The summed E-state index contributed by atoms with van der Waals surface area (Å²) in [7, 11) is 0. The highest BCUT2D eigenvalue weighted by atomic mass is 16.7. The number of carboxylic acids is 1. The Hall–Kier alpha value is -1.92. The zero-order chi connectivity index (χ0) is 15.7. The summed E-state index contributed by atoms with van der Waals surface area (Å²) >= 11 is 0. The fourth-order valence-electron chi connectivity index (χ4n) is 1.86. The second-order valence-electron chi connectivity index (χ2n) is 4.25. The van der Waals surface area contributed by atoms with Crippen molar-refractivity contribution in [3.63, 3.8) is 0 Å². The maximum Gasteiger partial charge on any atom is 0.312 e. The molecule has 1 amide bonds. The van der Waals surface area contributed by atoms with Crippen LogP contribution in [0.25, 0.3) is 0 Å². The van der Waals surface area contributed by atoms with Gasteiger partial charge in [0.1, 0.15) is 6.42 Å². The van der Waals surface area contributed by atoms with Gasteiger partial charge in [0.15, 0.2) is 6.29 Å². The molecule has 0 fully saturated rings. The fraction of sp³-hybridized carbons (Fsp3) is 0.467. The number of nitrogens with zero attached hydrogens (tertiary/aromatic N) is 1. The normalized spacial score (nSPS) is 10.6. The van der Waals surface area contributed by atoms with Crippen molar-refractivity contribution in [2.45, 2.75) is 26.6 Å². The first-order valence-corrected chi connectivity index (χ1v) is 6.88. The Morgan fingerprint density at radius 2 is 1.71 bits per heavy atom. The van der Waals surface area contributed by atoms with Crippen LogP contribution in [0.4, 0.5) is 5.69 Å². The van der Waals surface area contributed by atoms with Gasteiger partial charge in [0.05, 0.1) is 6.54 Å². The van der Waals surface area contributed by atoms with E-state index < -0.39 is 24.6 Å². The standard InChI is InChI=1S/C15H21NO5/c1-3-20-15(21-4-2)11-16(13(17)10-14(18)19)12-8-6-5-7-9-12/h5-9,15H,3-4,10-11H2,1-2H3,(H,18,19). The lowest BCUT2D eigenvalue weighted by molar-refractivity contribution is -0.143. The van der Waals surface area contributed by atoms with Crippen molar-refractivity contribution >= 4 is 17.6 Å².